The zero-order chi connectivity index (χ0) is 26.8. The number of benzene rings is 2. The Balaban J connectivity index is 1.34. The first-order valence-corrected chi connectivity index (χ1v) is 12.5. The number of nitrogens with zero attached hydrogens (tertiary/aromatic N) is 2. The minimum absolute atomic E-state index is 0.207. The van der Waals surface area contributed by atoms with Crippen molar-refractivity contribution in [2.24, 2.45) is 0 Å². The van der Waals surface area contributed by atoms with E-state index >= 15 is 0 Å². The molecular weight excluding hydrogens is 494 g/mol. The molecule has 9 heteroatoms. The summed E-state index contributed by atoms with van der Waals surface area (Å²) in [6.07, 6.45) is -5.92. The lowest BCUT2D eigenvalue weighted by Gasteiger charge is -2.41. The molecule has 2 aromatic carbocycles. The van der Waals surface area contributed by atoms with Gasteiger partial charge in [-0.3, -0.25) is 4.90 Å². The second-order valence-electron chi connectivity index (χ2n) is 9.99. The highest BCUT2D eigenvalue weighted by molar-refractivity contribution is 5.62. The standard InChI is InChI=1S/C28H32F6N2O/c1-20(36-15-11-23(12-16-36)22-5-9-25(10-6-22)28(32,33)34)21-3-7-24(8-4-21)26(37-2)13-17-35(18-14-26)19-27(29,30)31/h3-10,23H,1,11-19H2,2H3. The summed E-state index contributed by atoms with van der Waals surface area (Å²) in [5.74, 6) is 0.207. The molecule has 0 aliphatic carbocycles. The molecule has 0 N–H and O–H groups in total. The molecule has 2 aromatic rings. The van der Waals surface area contributed by atoms with Gasteiger partial charge in [-0.15, -0.1) is 0 Å². The number of ether oxygens (including phenoxy) is 1. The molecule has 202 valence electrons. The number of hydrogen-bond donors (Lipinski definition) is 0. The maximum atomic E-state index is 12.8. The minimum atomic E-state index is -4.33. The van der Waals surface area contributed by atoms with Crippen LogP contribution in [0.5, 0.6) is 0 Å². The van der Waals surface area contributed by atoms with Crippen LogP contribution in [0.3, 0.4) is 0 Å². The van der Waals surface area contributed by atoms with Gasteiger partial charge in [0.1, 0.15) is 0 Å². The average molecular weight is 527 g/mol. The molecule has 3 nitrogen and oxygen atoms in total. The zero-order valence-corrected chi connectivity index (χ0v) is 20.8. The highest BCUT2D eigenvalue weighted by Crippen LogP contribution is 2.38. The SMILES string of the molecule is C=C(c1ccc(C2(OC)CCN(CC(F)(F)F)CC2)cc1)N1CCC(c2ccc(C(F)(F)F)cc2)CC1. The number of likely N-dealkylation sites (tertiary alicyclic amines) is 2. The summed E-state index contributed by atoms with van der Waals surface area (Å²) in [5.41, 5.74) is 2.46. The zero-order valence-electron chi connectivity index (χ0n) is 20.8. The van der Waals surface area contributed by atoms with Crippen molar-refractivity contribution in [3.05, 3.63) is 77.4 Å². The quantitative estimate of drug-likeness (QED) is 0.375. The van der Waals surface area contributed by atoms with Crippen molar-refractivity contribution in [2.45, 2.75) is 49.6 Å². The Morgan fingerprint density at radius 2 is 1.46 bits per heavy atom. The molecule has 4 rings (SSSR count). The first kappa shape index (κ1) is 27.5. The smallest absolute Gasteiger partial charge is 0.373 e. The molecule has 0 atom stereocenters. The van der Waals surface area contributed by atoms with Crippen LogP contribution in [0.1, 0.15) is 53.9 Å². The molecule has 2 aliphatic rings. The molecule has 0 aromatic heterocycles. The van der Waals surface area contributed by atoms with Crippen molar-refractivity contribution in [1.29, 1.82) is 0 Å². The molecule has 2 fully saturated rings. The van der Waals surface area contributed by atoms with Crippen molar-refractivity contribution in [2.75, 3.05) is 39.8 Å². The van der Waals surface area contributed by atoms with Gasteiger partial charge in [0.15, 0.2) is 0 Å². The fourth-order valence-electron chi connectivity index (χ4n) is 5.51. The lowest BCUT2D eigenvalue weighted by molar-refractivity contribution is -0.157. The van der Waals surface area contributed by atoms with E-state index in [1.54, 1.807) is 19.2 Å². The number of methoxy groups -OCH3 is 1. The third-order valence-corrected chi connectivity index (χ3v) is 7.79. The van der Waals surface area contributed by atoms with Crippen LogP contribution >= 0.6 is 0 Å². The molecule has 2 heterocycles. The molecule has 0 spiro atoms. The van der Waals surface area contributed by atoms with Gasteiger partial charge in [0.25, 0.3) is 0 Å². The Morgan fingerprint density at radius 3 is 1.95 bits per heavy atom. The van der Waals surface area contributed by atoms with Gasteiger partial charge in [-0.1, -0.05) is 43.0 Å². The Bertz CT molecular complexity index is 1050. The van der Waals surface area contributed by atoms with Gasteiger partial charge in [-0.25, -0.2) is 0 Å². The van der Waals surface area contributed by atoms with Crippen molar-refractivity contribution >= 4 is 5.70 Å². The summed E-state index contributed by atoms with van der Waals surface area (Å²) in [5, 5.41) is 0. The first-order chi connectivity index (χ1) is 17.4. The van der Waals surface area contributed by atoms with Gasteiger partial charge < -0.3 is 9.64 Å². The Morgan fingerprint density at radius 1 is 0.892 bits per heavy atom. The fraction of sp³-hybridized carbons (Fsp3) is 0.500. The van der Waals surface area contributed by atoms with Crippen molar-refractivity contribution in [3.63, 3.8) is 0 Å². The van der Waals surface area contributed by atoms with Crippen molar-refractivity contribution in [3.8, 4) is 0 Å². The summed E-state index contributed by atoms with van der Waals surface area (Å²) in [7, 11) is 1.60. The summed E-state index contributed by atoms with van der Waals surface area (Å²) < 4.78 is 82.6. The number of hydrogen-bond acceptors (Lipinski definition) is 3. The Hall–Kier alpha value is -2.52. The highest BCUT2D eigenvalue weighted by atomic mass is 19.4. The largest absolute Gasteiger partial charge is 0.416 e. The van der Waals surface area contributed by atoms with Crippen LogP contribution < -0.4 is 0 Å². The van der Waals surface area contributed by atoms with E-state index in [-0.39, 0.29) is 5.92 Å². The molecule has 0 amide bonds. The summed E-state index contributed by atoms with van der Waals surface area (Å²) >= 11 is 0. The van der Waals surface area contributed by atoms with Gasteiger partial charge in [-0.05, 0) is 60.4 Å². The third-order valence-electron chi connectivity index (χ3n) is 7.79. The maximum Gasteiger partial charge on any atom is 0.416 e. The van der Waals surface area contributed by atoms with Gasteiger partial charge in [0.05, 0.1) is 17.7 Å². The van der Waals surface area contributed by atoms with Gasteiger partial charge in [0.2, 0.25) is 0 Å². The Labute approximate surface area is 213 Å². The van der Waals surface area contributed by atoms with Gasteiger partial charge >= 0.3 is 12.4 Å². The van der Waals surface area contributed by atoms with E-state index < -0.39 is 30.1 Å². The summed E-state index contributed by atoms with van der Waals surface area (Å²) in [6, 6.07) is 13.3. The molecule has 2 aliphatic heterocycles. The normalized spacial score (nSPS) is 19.7. The molecular formula is C28H32F6N2O. The number of alkyl halides is 6. The van der Waals surface area contributed by atoms with Crippen molar-refractivity contribution in [1.82, 2.24) is 9.80 Å². The first-order valence-electron chi connectivity index (χ1n) is 12.5. The van der Waals surface area contributed by atoms with E-state index in [9.17, 15) is 26.3 Å². The van der Waals surface area contributed by atoms with Crippen LogP contribution in [0.15, 0.2) is 55.1 Å². The van der Waals surface area contributed by atoms with Crippen LogP contribution in [0.2, 0.25) is 0 Å². The van der Waals surface area contributed by atoms with Crippen LogP contribution in [-0.2, 0) is 16.5 Å². The molecule has 2 saturated heterocycles. The maximum absolute atomic E-state index is 12.8. The lowest BCUT2D eigenvalue weighted by Crippen LogP contribution is -2.46. The molecule has 0 unspecified atom stereocenters. The second kappa shape index (κ2) is 10.7. The highest BCUT2D eigenvalue weighted by Gasteiger charge is 2.39. The van der Waals surface area contributed by atoms with E-state index in [0.29, 0.717) is 25.9 Å². The summed E-state index contributed by atoms with van der Waals surface area (Å²) in [4.78, 5) is 3.61. The predicted octanol–water partition coefficient (Wildman–Crippen LogP) is 7.06. The van der Waals surface area contributed by atoms with E-state index in [4.69, 9.17) is 4.74 Å². The lowest BCUT2D eigenvalue weighted by atomic mass is 9.83. The Kier molecular flexibility index (Phi) is 7.95. The fourth-order valence-corrected chi connectivity index (χ4v) is 5.51. The van der Waals surface area contributed by atoms with Crippen LogP contribution in [0.25, 0.3) is 5.70 Å². The van der Waals surface area contributed by atoms with Crippen LogP contribution in [0, 0.1) is 0 Å². The van der Waals surface area contributed by atoms with E-state index in [1.165, 1.54) is 4.90 Å². The number of piperidine rings is 2. The molecule has 0 radical (unpaired) electrons. The van der Waals surface area contributed by atoms with Crippen LogP contribution in [-0.4, -0.2) is 55.8 Å². The summed E-state index contributed by atoms with van der Waals surface area (Å²) in [6.45, 7) is 5.50. The minimum Gasteiger partial charge on any atom is -0.373 e. The van der Waals surface area contributed by atoms with Crippen molar-refractivity contribution < 1.29 is 31.1 Å². The van der Waals surface area contributed by atoms with E-state index in [0.717, 1.165) is 60.5 Å². The molecule has 0 saturated carbocycles. The topological polar surface area (TPSA) is 15.7 Å². The van der Waals surface area contributed by atoms with E-state index in [1.807, 2.05) is 24.3 Å². The van der Waals surface area contributed by atoms with Crippen LogP contribution in [0.4, 0.5) is 26.3 Å². The van der Waals surface area contributed by atoms with E-state index in [2.05, 4.69) is 11.5 Å². The predicted molar refractivity (Wildman–Crippen MR) is 131 cm³/mol. The second-order valence-corrected chi connectivity index (χ2v) is 9.99. The molecule has 37 heavy (non-hydrogen) atoms. The number of rotatable bonds is 6. The number of halogens is 6. The van der Waals surface area contributed by atoms with Gasteiger partial charge in [-0.2, -0.15) is 26.3 Å². The molecule has 0 bridgehead atoms. The van der Waals surface area contributed by atoms with Gasteiger partial charge in [0, 0.05) is 39.0 Å². The average Bonchev–Trinajstić information content (AvgIpc) is 2.88. The third kappa shape index (κ3) is 6.49. The monoisotopic (exact) mass is 526 g/mol.